The summed E-state index contributed by atoms with van der Waals surface area (Å²) in [6.45, 7) is 4.91. The molecule has 1 heterocycles. The number of nitrogens with zero attached hydrogens (tertiary/aromatic N) is 2. The van der Waals surface area contributed by atoms with Gasteiger partial charge in [0.05, 0.1) is 29.6 Å². The summed E-state index contributed by atoms with van der Waals surface area (Å²) in [5, 5.41) is 4.51. The third-order valence-electron chi connectivity index (χ3n) is 3.63. The van der Waals surface area contributed by atoms with E-state index in [0.717, 1.165) is 21.5 Å². The number of amides is 1. The molecule has 3 aromatic rings. The Labute approximate surface area is 160 Å². The summed E-state index contributed by atoms with van der Waals surface area (Å²) < 4.78 is 11.9. The molecule has 1 aromatic heterocycles. The molecule has 0 saturated heterocycles. The number of carbonyl (C=O) groups is 1. The fraction of sp³-hybridized carbons (Fsp3) is 0.211. The van der Waals surface area contributed by atoms with E-state index in [1.807, 2.05) is 26.0 Å². The van der Waals surface area contributed by atoms with Gasteiger partial charge in [-0.2, -0.15) is 5.10 Å². The molecule has 1 amide bonds. The first-order valence-corrected chi connectivity index (χ1v) is 9.31. The van der Waals surface area contributed by atoms with Gasteiger partial charge in [0.25, 0.3) is 5.91 Å². The number of ether oxygens (including phenoxy) is 2. The number of aromatic nitrogens is 1. The molecule has 0 radical (unpaired) electrons. The number of nitrogen functional groups attached to an aromatic ring is 1. The Morgan fingerprint density at radius 2 is 2.04 bits per heavy atom. The van der Waals surface area contributed by atoms with Crippen molar-refractivity contribution in [2.75, 3.05) is 18.9 Å². The van der Waals surface area contributed by atoms with Crippen molar-refractivity contribution in [1.82, 2.24) is 10.4 Å². The van der Waals surface area contributed by atoms with E-state index in [0.29, 0.717) is 29.7 Å². The lowest BCUT2D eigenvalue weighted by Gasteiger charge is -2.10. The summed E-state index contributed by atoms with van der Waals surface area (Å²) in [6, 6.07) is 10.7. The molecule has 7 nitrogen and oxygen atoms in total. The maximum absolute atomic E-state index is 12.3. The van der Waals surface area contributed by atoms with E-state index in [2.05, 4.69) is 15.5 Å². The van der Waals surface area contributed by atoms with E-state index in [1.165, 1.54) is 11.3 Å². The first kappa shape index (κ1) is 18.7. The van der Waals surface area contributed by atoms with Gasteiger partial charge in [-0.05, 0) is 44.2 Å². The van der Waals surface area contributed by atoms with E-state index < -0.39 is 0 Å². The summed E-state index contributed by atoms with van der Waals surface area (Å²) in [5.41, 5.74) is 10.2. The largest absolute Gasteiger partial charge is 0.494 e. The van der Waals surface area contributed by atoms with Crippen LogP contribution in [-0.2, 0) is 0 Å². The molecular weight excluding hydrogens is 364 g/mol. The zero-order chi connectivity index (χ0) is 19.2. The summed E-state index contributed by atoms with van der Waals surface area (Å²) in [7, 11) is 0. The third kappa shape index (κ3) is 4.53. The Morgan fingerprint density at radius 3 is 2.81 bits per heavy atom. The van der Waals surface area contributed by atoms with E-state index in [-0.39, 0.29) is 5.91 Å². The van der Waals surface area contributed by atoms with Crippen molar-refractivity contribution in [3.05, 3.63) is 47.5 Å². The van der Waals surface area contributed by atoms with Crippen molar-refractivity contribution in [3.8, 4) is 11.5 Å². The second-order valence-electron chi connectivity index (χ2n) is 5.50. The summed E-state index contributed by atoms with van der Waals surface area (Å²) >= 11 is 1.34. The smallest absolute Gasteiger partial charge is 0.271 e. The van der Waals surface area contributed by atoms with Crippen LogP contribution < -0.4 is 20.6 Å². The van der Waals surface area contributed by atoms with E-state index >= 15 is 0 Å². The molecule has 3 rings (SSSR count). The van der Waals surface area contributed by atoms with Crippen LogP contribution in [0.25, 0.3) is 10.2 Å². The zero-order valence-electron chi connectivity index (χ0n) is 15.1. The number of rotatable bonds is 7. The van der Waals surface area contributed by atoms with Gasteiger partial charge in [-0.1, -0.05) is 11.3 Å². The lowest BCUT2D eigenvalue weighted by atomic mass is 10.2. The molecule has 0 bridgehead atoms. The van der Waals surface area contributed by atoms with Crippen molar-refractivity contribution in [2.45, 2.75) is 13.8 Å². The molecule has 0 saturated carbocycles. The predicted octanol–water partition coefficient (Wildman–Crippen LogP) is 3.44. The van der Waals surface area contributed by atoms with E-state index in [9.17, 15) is 4.79 Å². The molecule has 0 aliphatic carbocycles. The second kappa shape index (κ2) is 8.50. The number of carbonyl (C=O) groups excluding carboxylic acids is 1. The normalized spacial score (nSPS) is 11.0. The van der Waals surface area contributed by atoms with Crippen LogP contribution in [0.2, 0.25) is 0 Å². The summed E-state index contributed by atoms with van der Waals surface area (Å²) in [4.78, 5) is 16.5. The highest BCUT2D eigenvalue weighted by molar-refractivity contribution is 7.22. The first-order chi connectivity index (χ1) is 13.1. The molecule has 0 unspecified atom stereocenters. The monoisotopic (exact) mass is 384 g/mol. The van der Waals surface area contributed by atoms with Gasteiger partial charge in [-0.15, -0.1) is 0 Å². The van der Waals surface area contributed by atoms with E-state index in [1.54, 1.807) is 30.5 Å². The minimum Gasteiger partial charge on any atom is -0.494 e. The Kier molecular flexibility index (Phi) is 5.87. The Morgan fingerprint density at radius 1 is 1.22 bits per heavy atom. The van der Waals surface area contributed by atoms with Gasteiger partial charge in [0.15, 0.2) is 5.13 Å². The number of nitrogens with one attached hydrogen (secondary N) is 1. The maximum atomic E-state index is 12.3. The minimum absolute atomic E-state index is 0.316. The number of hydrogen-bond donors (Lipinski definition) is 2. The topological polar surface area (TPSA) is 98.8 Å². The minimum atomic E-state index is -0.316. The molecule has 0 atom stereocenters. The molecule has 0 spiro atoms. The molecule has 3 N–H and O–H groups in total. The third-order valence-corrected chi connectivity index (χ3v) is 4.48. The van der Waals surface area contributed by atoms with Crippen LogP contribution in [0.5, 0.6) is 11.5 Å². The lowest BCUT2D eigenvalue weighted by molar-refractivity contribution is 0.0955. The Hall–Kier alpha value is -3.13. The van der Waals surface area contributed by atoms with Gasteiger partial charge in [0.1, 0.15) is 11.5 Å². The van der Waals surface area contributed by atoms with Crippen LogP contribution in [0.15, 0.2) is 41.5 Å². The lowest BCUT2D eigenvalue weighted by Crippen LogP contribution is -2.17. The quantitative estimate of drug-likeness (QED) is 0.480. The fourth-order valence-corrected chi connectivity index (χ4v) is 3.24. The highest BCUT2D eigenvalue weighted by Crippen LogP contribution is 2.25. The molecule has 140 valence electrons. The summed E-state index contributed by atoms with van der Waals surface area (Å²) in [5.74, 6) is 1.05. The number of nitrogens with two attached hydrogens (primary N) is 1. The Balaban J connectivity index is 1.72. The molecule has 0 fully saturated rings. The van der Waals surface area contributed by atoms with Crippen molar-refractivity contribution in [2.24, 2.45) is 5.10 Å². The number of anilines is 1. The van der Waals surface area contributed by atoms with Crippen LogP contribution in [0, 0.1) is 0 Å². The number of fused-ring (bicyclic) bond motifs is 1. The van der Waals surface area contributed by atoms with Crippen molar-refractivity contribution < 1.29 is 14.3 Å². The summed E-state index contributed by atoms with van der Waals surface area (Å²) in [6.07, 6.45) is 1.54. The fourth-order valence-electron chi connectivity index (χ4n) is 2.47. The van der Waals surface area contributed by atoms with Gasteiger partial charge in [-0.25, -0.2) is 10.4 Å². The van der Waals surface area contributed by atoms with E-state index in [4.69, 9.17) is 15.2 Å². The molecule has 27 heavy (non-hydrogen) atoms. The van der Waals surface area contributed by atoms with Crippen molar-refractivity contribution in [1.29, 1.82) is 0 Å². The number of thiazole rings is 1. The number of hydrogen-bond acceptors (Lipinski definition) is 7. The van der Waals surface area contributed by atoms with Crippen molar-refractivity contribution >= 4 is 38.8 Å². The number of hydrazone groups is 1. The van der Waals surface area contributed by atoms with Gasteiger partial charge >= 0.3 is 0 Å². The van der Waals surface area contributed by atoms with Gasteiger partial charge in [0.2, 0.25) is 0 Å². The standard InChI is InChI=1S/C19H20N4O3S/c1-3-25-14-7-5-13(16(10-14)26-4-2)11-21-23-18(24)12-6-8-15-17(9-12)27-19(20)22-15/h5-11H,3-4H2,1-2H3,(H2,20,22)(H,23,24)/b21-11-. The van der Waals surface area contributed by atoms with Crippen LogP contribution >= 0.6 is 11.3 Å². The SMILES string of the molecule is CCOc1ccc(/C=N\NC(=O)c2ccc3nc(N)sc3c2)c(OCC)c1. The van der Waals surface area contributed by atoms with Crippen LogP contribution in [0.4, 0.5) is 5.13 Å². The first-order valence-electron chi connectivity index (χ1n) is 8.49. The average Bonchev–Trinajstić information content (AvgIpc) is 3.03. The average molecular weight is 384 g/mol. The maximum Gasteiger partial charge on any atom is 0.271 e. The van der Waals surface area contributed by atoms with Crippen molar-refractivity contribution in [3.63, 3.8) is 0 Å². The van der Waals surface area contributed by atoms with Gasteiger partial charge in [0, 0.05) is 17.2 Å². The highest BCUT2D eigenvalue weighted by atomic mass is 32.1. The zero-order valence-corrected chi connectivity index (χ0v) is 15.9. The molecule has 8 heteroatoms. The Bertz CT molecular complexity index is 984. The molecule has 0 aliphatic heterocycles. The van der Waals surface area contributed by atoms with Crippen LogP contribution in [0.3, 0.4) is 0 Å². The second-order valence-corrected chi connectivity index (χ2v) is 6.56. The van der Waals surface area contributed by atoms with Gasteiger partial charge in [-0.3, -0.25) is 4.79 Å². The highest BCUT2D eigenvalue weighted by Gasteiger charge is 2.09. The van der Waals surface area contributed by atoms with Gasteiger partial charge < -0.3 is 15.2 Å². The number of benzene rings is 2. The molecule has 2 aromatic carbocycles. The van der Waals surface area contributed by atoms with Crippen LogP contribution in [-0.4, -0.2) is 30.3 Å². The molecule has 0 aliphatic rings. The molecular formula is C19H20N4O3S. The van der Waals surface area contributed by atoms with Crippen LogP contribution in [0.1, 0.15) is 29.8 Å². The predicted molar refractivity (Wildman–Crippen MR) is 108 cm³/mol.